The van der Waals surface area contributed by atoms with Crippen molar-refractivity contribution in [2.24, 2.45) is 0 Å². The number of nitrogens with zero attached hydrogens (tertiary/aromatic N) is 4. The smallest absolute Gasteiger partial charge is 0.375 e. The second-order valence-electron chi connectivity index (χ2n) is 4.19. The number of aromatic nitrogens is 4. The van der Waals surface area contributed by atoms with Gasteiger partial charge in [0.25, 0.3) is 0 Å². The van der Waals surface area contributed by atoms with Gasteiger partial charge in [0.2, 0.25) is 11.1 Å². The predicted molar refractivity (Wildman–Crippen MR) is 89.0 cm³/mol. The first-order valence-corrected chi connectivity index (χ1v) is 8.87. The Morgan fingerprint density at radius 1 is 1.39 bits per heavy atom. The second kappa shape index (κ2) is 8.53. The summed E-state index contributed by atoms with van der Waals surface area (Å²) in [6.07, 6.45) is 1.86. The molecule has 1 amide bonds. The van der Waals surface area contributed by atoms with Crippen LogP contribution >= 0.6 is 23.5 Å². The van der Waals surface area contributed by atoms with E-state index in [1.54, 1.807) is 31.2 Å². The number of nitrogens with one attached hydrogen (secondary N) is 1. The van der Waals surface area contributed by atoms with Crippen LogP contribution in [-0.4, -0.2) is 50.0 Å². The number of hydrogen-bond acceptors (Lipinski definition) is 8. The van der Waals surface area contributed by atoms with Crippen LogP contribution in [0.1, 0.15) is 6.92 Å². The molecular weight excluding hydrogens is 338 g/mol. The summed E-state index contributed by atoms with van der Waals surface area (Å²) in [5.74, 6) is 0.284. The third-order valence-corrected chi connectivity index (χ3v) is 3.80. The lowest BCUT2D eigenvalue weighted by Crippen LogP contribution is -2.14. The van der Waals surface area contributed by atoms with Crippen LogP contribution in [-0.2, 0) is 9.53 Å². The molecular formula is C13H15N5O3S2. The standard InChI is InChI=1S/C13H15N5O3S2/c1-3-21-13(20)23-12-15-16-17-18(12)10-6-4-5-9(7-10)14-11(19)8-22-2/h4-7H,3,8H2,1-2H3,(H,14,19). The monoisotopic (exact) mass is 353 g/mol. The molecule has 1 aromatic heterocycles. The summed E-state index contributed by atoms with van der Waals surface area (Å²) in [4.78, 5) is 23.2. The first-order chi connectivity index (χ1) is 11.1. The lowest BCUT2D eigenvalue weighted by molar-refractivity contribution is -0.113. The Bertz CT molecular complexity index is 692. The van der Waals surface area contributed by atoms with E-state index in [4.69, 9.17) is 4.74 Å². The van der Waals surface area contributed by atoms with E-state index in [2.05, 4.69) is 20.8 Å². The van der Waals surface area contributed by atoms with E-state index in [1.165, 1.54) is 16.4 Å². The predicted octanol–water partition coefficient (Wildman–Crippen LogP) is 2.21. The van der Waals surface area contributed by atoms with Gasteiger partial charge >= 0.3 is 5.30 Å². The summed E-state index contributed by atoms with van der Waals surface area (Å²) in [5, 5.41) is 13.8. The molecule has 1 aromatic carbocycles. The minimum Gasteiger partial charge on any atom is -0.458 e. The number of thioether (sulfide) groups is 2. The molecule has 0 aliphatic heterocycles. The summed E-state index contributed by atoms with van der Waals surface area (Å²) in [6, 6.07) is 7.04. The van der Waals surface area contributed by atoms with Crippen molar-refractivity contribution < 1.29 is 14.3 Å². The topological polar surface area (TPSA) is 99.0 Å². The fraction of sp³-hybridized carbons (Fsp3) is 0.308. The Morgan fingerprint density at radius 3 is 2.96 bits per heavy atom. The lowest BCUT2D eigenvalue weighted by Gasteiger charge is -2.07. The summed E-state index contributed by atoms with van der Waals surface area (Å²) in [7, 11) is 0. The Balaban J connectivity index is 2.18. The molecule has 10 heteroatoms. The van der Waals surface area contributed by atoms with Crippen LogP contribution in [0.25, 0.3) is 5.69 Å². The van der Waals surface area contributed by atoms with Crippen molar-refractivity contribution in [2.45, 2.75) is 12.1 Å². The van der Waals surface area contributed by atoms with Crippen LogP contribution in [0.5, 0.6) is 0 Å². The molecule has 0 bridgehead atoms. The zero-order chi connectivity index (χ0) is 16.7. The van der Waals surface area contributed by atoms with E-state index in [0.29, 0.717) is 17.1 Å². The van der Waals surface area contributed by atoms with Crippen molar-refractivity contribution in [3.05, 3.63) is 24.3 Å². The molecule has 2 aromatic rings. The first-order valence-electron chi connectivity index (χ1n) is 6.66. The van der Waals surface area contributed by atoms with E-state index in [0.717, 1.165) is 11.8 Å². The van der Waals surface area contributed by atoms with Crippen molar-refractivity contribution in [1.82, 2.24) is 20.2 Å². The van der Waals surface area contributed by atoms with Gasteiger partial charge in [-0.2, -0.15) is 16.4 Å². The number of carbonyl (C=O) groups excluding carboxylic acids is 2. The first kappa shape index (κ1) is 17.3. The number of hydrogen-bond donors (Lipinski definition) is 1. The number of amides is 1. The van der Waals surface area contributed by atoms with Crippen LogP contribution in [0.2, 0.25) is 0 Å². The Kier molecular flexibility index (Phi) is 6.41. The van der Waals surface area contributed by atoms with Crippen molar-refractivity contribution in [3.8, 4) is 5.69 Å². The van der Waals surface area contributed by atoms with Crippen molar-refractivity contribution >= 4 is 40.4 Å². The molecule has 8 nitrogen and oxygen atoms in total. The molecule has 1 heterocycles. The summed E-state index contributed by atoms with van der Waals surface area (Å²) >= 11 is 2.24. The van der Waals surface area contributed by atoms with Crippen molar-refractivity contribution in [3.63, 3.8) is 0 Å². The lowest BCUT2D eigenvalue weighted by atomic mass is 10.3. The van der Waals surface area contributed by atoms with Gasteiger partial charge in [-0.25, -0.2) is 4.79 Å². The van der Waals surface area contributed by atoms with Gasteiger partial charge in [-0.1, -0.05) is 6.07 Å². The average Bonchev–Trinajstić information content (AvgIpc) is 2.96. The minimum atomic E-state index is -0.479. The maximum atomic E-state index is 11.7. The number of anilines is 1. The zero-order valence-electron chi connectivity index (χ0n) is 12.6. The van der Waals surface area contributed by atoms with Gasteiger partial charge in [0.15, 0.2) is 0 Å². The Hall–Kier alpha value is -2.07. The van der Waals surface area contributed by atoms with Gasteiger partial charge in [-0.15, -0.1) is 5.10 Å². The largest absolute Gasteiger partial charge is 0.458 e. The fourth-order valence-electron chi connectivity index (χ4n) is 1.67. The molecule has 0 saturated heterocycles. The van der Waals surface area contributed by atoms with E-state index in [-0.39, 0.29) is 17.7 Å². The highest BCUT2D eigenvalue weighted by Gasteiger charge is 2.15. The molecule has 0 fully saturated rings. The SMILES string of the molecule is CCOC(=O)Sc1nnnn1-c1cccc(NC(=O)CSC)c1. The van der Waals surface area contributed by atoms with Gasteiger partial charge in [-0.05, 0) is 41.8 Å². The number of ether oxygens (including phenoxy) is 1. The van der Waals surface area contributed by atoms with Crippen molar-refractivity contribution in [2.75, 3.05) is 23.9 Å². The fourth-order valence-corrected chi connectivity index (χ4v) is 2.64. The highest BCUT2D eigenvalue weighted by atomic mass is 32.2. The average molecular weight is 353 g/mol. The molecule has 0 spiro atoms. The maximum absolute atomic E-state index is 11.7. The molecule has 2 rings (SSSR count). The normalized spacial score (nSPS) is 10.3. The third kappa shape index (κ3) is 4.96. The van der Waals surface area contributed by atoms with Gasteiger partial charge in [0, 0.05) is 17.4 Å². The quantitative estimate of drug-likeness (QED) is 0.623. The molecule has 0 saturated carbocycles. The number of benzene rings is 1. The highest BCUT2D eigenvalue weighted by Crippen LogP contribution is 2.22. The summed E-state index contributed by atoms with van der Waals surface area (Å²) in [5.41, 5.74) is 1.26. The molecule has 1 N–H and O–H groups in total. The third-order valence-electron chi connectivity index (χ3n) is 2.53. The van der Waals surface area contributed by atoms with E-state index < -0.39 is 5.30 Å². The van der Waals surface area contributed by atoms with Crippen LogP contribution in [0.4, 0.5) is 10.5 Å². The van der Waals surface area contributed by atoms with Gasteiger partial charge in [0.05, 0.1) is 18.0 Å². The number of rotatable bonds is 6. The molecule has 0 aliphatic rings. The molecule has 0 unspecified atom stereocenters. The molecule has 0 aliphatic carbocycles. The van der Waals surface area contributed by atoms with Crippen molar-refractivity contribution in [1.29, 1.82) is 0 Å². The Labute approximate surface area is 141 Å². The van der Waals surface area contributed by atoms with Gasteiger partial charge in [-0.3, -0.25) is 4.79 Å². The van der Waals surface area contributed by atoms with Crippen LogP contribution in [0.15, 0.2) is 29.4 Å². The van der Waals surface area contributed by atoms with E-state index in [9.17, 15) is 9.59 Å². The zero-order valence-corrected chi connectivity index (χ0v) is 14.2. The Morgan fingerprint density at radius 2 is 2.22 bits per heavy atom. The van der Waals surface area contributed by atoms with Crippen LogP contribution < -0.4 is 5.32 Å². The van der Waals surface area contributed by atoms with Crippen LogP contribution in [0.3, 0.4) is 0 Å². The molecule has 0 atom stereocenters. The molecule has 23 heavy (non-hydrogen) atoms. The second-order valence-corrected chi connectivity index (χ2v) is 5.96. The number of carbonyl (C=O) groups is 2. The molecule has 122 valence electrons. The highest BCUT2D eigenvalue weighted by molar-refractivity contribution is 8.13. The maximum Gasteiger partial charge on any atom is 0.375 e. The minimum absolute atomic E-state index is 0.0903. The van der Waals surface area contributed by atoms with E-state index >= 15 is 0 Å². The van der Waals surface area contributed by atoms with Gasteiger partial charge < -0.3 is 10.1 Å². The number of tetrazole rings is 1. The van der Waals surface area contributed by atoms with Gasteiger partial charge in [0.1, 0.15) is 0 Å². The van der Waals surface area contributed by atoms with E-state index in [1.807, 2.05) is 6.26 Å². The molecule has 0 radical (unpaired) electrons. The van der Waals surface area contributed by atoms with Crippen LogP contribution in [0, 0.1) is 0 Å². The summed E-state index contributed by atoms with van der Waals surface area (Å²) in [6.45, 7) is 2.01. The summed E-state index contributed by atoms with van der Waals surface area (Å²) < 4.78 is 6.27.